The Kier molecular flexibility index (Phi) is 10.7. The van der Waals surface area contributed by atoms with E-state index in [4.69, 9.17) is 14.2 Å². The van der Waals surface area contributed by atoms with Gasteiger partial charge in [-0.15, -0.1) is 0 Å². The summed E-state index contributed by atoms with van der Waals surface area (Å²) in [6.45, 7) is 5.97. The lowest BCUT2D eigenvalue weighted by atomic mass is 9.94. The van der Waals surface area contributed by atoms with Gasteiger partial charge in [-0.3, -0.25) is 24.1 Å². The Hall–Kier alpha value is -4.00. The lowest BCUT2D eigenvalue weighted by Gasteiger charge is -2.27. The fourth-order valence-corrected chi connectivity index (χ4v) is 4.79. The summed E-state index contributed by atoms with van der Waals surface area (Å²) in [5.41, 5.74) is 0.486. The number of nitrogens with one attached hydrogen (secondary N) is 3. The number of phenols is 1. The third-order valence-corrected chi connectivity index (χ3v) is 7.58. The maximum Gasteiger partial charge on any atom is 0.243 e. The SMILES string of the molecule is COc1ccc(C[C@H](NC(=O)[C@H](C)NC(=O)CN2CCOCC2)C(=O)N[C@@H](Cc2ccc(O)cc2)C(=O)[C@@]2(C)CO2)cc1. The third kappa shape index (κ3) is 9.24. The first-order chi connectivity index (χ1) is 20.6. The predicted molar refractivity (Wildman–Crippen MR) is 157 cm³/mol. The van der Waals surface area contributed by atoms with Crippen molar-refractivity contribution in [3.8, 4) is 11.5 Å². The van der Waals surface area contributed by atoms with Crippen LogP contribution in [0.3, 0.4) is 0 Å². The van der Waals surface area contributed by atoms with Gasteiger partial charge in [0.1, 0.15) is 29.2 Å². The van der Waals surface area contributed by atoms with Gasteiger partial charge in [-0.1, -0.05) is 24.3 Å². The quantitative estimate of drug-likeness (QED) is 0.226. The van der Waals surface area contributed by atoms with Gasteiger partial charge in [-0.05, 0) is 55.7 Å². The number of benzene rings is 2. The third-order valence-electron chi connectivity index (χ3n) is 7.58. The van der Waals surface area contributed by atoms with E-state index >= 15 is 0 Å². The Morgan fingerprint density at radius 2 is 1.47 bits per heavy atom. The van der Waals surface area contributed by atoms with Crippen LogP contribution in [-0.2, 0) is 41.5 Å². The van der Waals surface area contributed by atoms with Crippen LogP contribution >= 0.6 is 0 Å². The molecule has 0 saturated carbocycles. The van der Waals surface area contributed by atoms with Gasteiger partial charge in [0, 0.05) is 19.5 Å². The molecule has 3 amide bonds. The van der Waals surface area contributed by atoms with Crippen LogP contribution in [0.2, 0.25) is 0 Å². The average molecular weight is 597 g/mol. The molecule has 2 aliphatic rings. The zero-order valence-electron chi connectivity index (χ0n) is 24.8. The van der Waals surface area contributed by atoms with E-state index in [0.717, 1.165) is 11.1 Å². The van der Waals surface area contributed by atoms with Crippen LogP contribution in [0.15, 0.2) is 48.5 Å². The Morgan fingerprint density at radius 1 is 0.907 bits per heavy atom. The van der Waals surface area contributed by atoms with Gasteiger partial charge in [0.25, 0.3) is 0 Å². The van der Waals surface area contributed by atoms with Gasteiger partial charge in [0.15, 0.2) is 5.78 Å². The highest BCUT2D eigenvalue weighted by atomic mass is 16.6. The maximum absolute atomic E-state index is 13.7. The van der Waals surface area contributed by atoms with Crippen molar-refractivity contribution in [3.63, 3.8) is 0 Å². The number of hydrogen-bond donors (Lipinski definition) is 4. The molecule has 2 aromatic rings. The van der Waals surface area contributed by atoms with Crippen molar-refractivity contribution in [2.75, 3.05) is 46.6 Å². The summed E-state index contributed by atoms with van der Waals surface area (Å²) in [6.07, 6.45) is 0.297. The molecule has 2 aliphatic heterocycles. The van der Waals surface area contributed by atoms with Crippen molar-refractivity contribution in [3.05, 3.63) is 59.7 Å². The molecule has 0 radical (unpaired) electrons. The normalized spacial score (nSPS) is 20.3. The number of aromatic hydroxyl groups is 1. The molecule has 4 N–H and O–H groups in total. The summed E-state index contributed by atoms with van der Waals surface area (Å²) in [7, 11) is 1.55. The lowest BCUT2D eigenvalue weighted by Crippen LogP contribution is -2.57. The van der Waals surface area contributed by atoms with E-state index in [9.17, 15) is 24.3 Å². The van der Waals surface area contributed by atoms with Crippen LogP contribution in [0.5, 0.6) is 11.5 Å². The second-order valence-corrected chi connectivity index (χ2v) is 11.1. The van der Waals surface area contributed by atoms with Crippen LogP contribution < -0.4 is 20.7 Å². The first-order valence-corrected chi connectivity index (χ1v) is 14.4. The van der Waals surface area contributed by atoms with E-state index in [1.54, 1.807) is 57.4 Å². The molecule has 232 valence electrons. The van der Waals surface area contributed by atoms with Crippen molar-refractivity contribution in [2.24, 2.45) is 0 Å². The number of ketones is 1. The number of amides is 3. The number of ether oxygens (including phenoxy) is 3. The van der Waals surface area contributed by atoms with Crippen molar-refractivity contribution in [1.29, 1.82) is 0 Å². The Balaban J connectivity index is 1.47. The van der Waals surface area contributed by atoms with Gasteiger partial charge in [0.05, 0.1) is 39.5 Å². The van der Waals surface area contributed by atoms with E-state index in [1.807, 2.05) is 4.90 Å². The molecule has 0 bridgehead atoms. The van der Waals surface area contributed by atoms with Crippen LogP contribution in [0.25, 0.3) is 0 Å². The van der Waals surface area contributed by atoms with Crippen LogP contribution in [0.4, 0.5) is 0 Å². The lowest BCUT2D eigenvalue weighted by molar-refractivity contribution is -0.134. The summed E-state index contributed by atoms with van der Waals surface area (Å²) in [5, 5.41) is 18.0. The van der Waals surface area contributed by atoms with E-state index < -0.39 is 35.5 Å². The summed E-state index contributed by atoms with van der Waals surface area (Å²) in [6, 6.07) is 10.6. The number of hydrogen-bond acceptors (Lipinski definition) is 9. The standard InChI is InChI=1S/C31H40N4O8/c1-20(32-27(37)18-35-12-14-42-15-13-35)29(39)34-26(17-22-6-10-24(41-3)11-7-22)30(40)33-25(28(38)31(2)19-43-31)16-21-4-8-23(36)9-5-21/h4-11,20,25-26,36H,12-19H2,1-3H3,(H,32,37)(H,33,40)(H,34,39)/t20-,25-,26-,31+/m0/s1. The molecule has 0 aromatic heterocycles. The monoisotopic (exact) mass is 596 g/mol. The zero-order valence-corrected chi connectivity index (χ0v) is 24.8. The molecule has 0 spiro atoms. The Bertz CT molecular complexity index is 1270. The van der Waals surface area contributed by atoms with Crippen LogP contribution in [0.1, 0.15) is 25.0 Å². The van der Waals surface area contributed by atoms with E-state index in [1.165, 1.54) is 12.1 Å². The smallest absolute Gasteiger partial charge is 0.243 e. The van der Waals surface area contributed by atoms with Crippen molar-refractivity contribution < 1.29 is 38.5 Å². The van der Waals surface area contributed by atoms with Gasteiger partial charge in [-0.2, -0.15) is 0 Å². The fourth-order valence-electron chi connectivity index (χ4n) is 4.79. The van der Waals surface area contributed by atoms with E-state index in [2.05, 4.69) is 16.0 Å². The van der Waals surface area contributed by atoms with Gasteiger partial charge < -0.3 is 35.3 Å². The van der Waals surface area contributed by atoms with E-state index in [-0.39, 0.29) is 43.4 Å². The molecule has 4 atom stereocenters. The number of carbonyl (C=O) groups is 4. The largest absolute Gasteiger partial charge is 0.508 e. The maximum atomic E-state index is 13.7. The number of morpholine rings is 1. The molecule has 2 saturated heterocycles. The highest BCUT2D eigenvalue weighted by Crippen LogP contribution is 2.29. The van der Waals surface area contributed by atoms with E-state index in [0.29, 0.717) is 32.1 Å². The Morgan fingerprint density at radius 3 is 2.05 bits per heavy atom. The van der Waals surface area contributed by atoms with Gasteiger partial charge in [-0.25, -0.2) is 0 Å². The molecule has 0 aliphatic carbocycles. The molecular weight excluding hydrogens is 556 g/mol. The summed E-state index contributed by atoms with van der Waals surface area (Å²) in [5.74, 6) is -0.963. The zero-order chi connectivity index (χ0) is 31.0. The average Bonchev–Trinajstić information content (AvgIpc) is 3.76. The molecule has 43 heavy (non-hydrogen) atoms. The second kappa shape index (κ2) is 14.5. The number of methoxy groups -OCH3 is 1. The molecule has 0 unspecified atom stereocenters. The highest BCUT2D eigenvalue weighted by Gasteiger charge is 2.50. The van der Waals surface area contributed by atoms with Crippen LogP contribution in [0, 0.1) is 0 Å². The first kappa shape index (κ1) is 31.9. The van der Waals surface area contributed by atoms with Crippen molar-refractivity contribution in [1.82, 2.24) is 20.9 Å². The molecular formula is C31H40N4O8. The number of rotatable bonds is 14. The number of Topliss-reactive ketones (excluding diaryl/α,β-unsaturated/α-hetero) is 1. The summed E-state index contributed by atoms with van der Waals surface area (Å²) < 4.78 is 15.9. The molecule has 2 fully saturated rings. The highest BCUT2D eigenvalue weighted by molar-refractivity contribution is 5.98. The van der Waals surface area contributed by atoms with Gasteiger partial charge in [0.2, 0.25) is 17.7 Å². The predicted octanol–water partition coefficient (Wildman–Crippen LogP) is 0.351. The molecule has 2 heterocycles. The fraction of sp³-hybridized carbons (Fsp3) is 0.484. The summed E-state index contributed by atoms with van der Waals surface area (Å²) >= 11 is 0. The number of carbonyl (C=O) groups excluding carboxylic acids is 4. The molecule has 2 aromatic carbocycles. The number of nitrogens with zero attached hydrogens (tertiary/aromatic N) is 1. The topological polar surface area (TPSA) is 159 Å². The minimum atomic E-state index is -1.05. The van der Waals surface area contributed by atoms with Crippen molar-refractivity contribution >= 4 is 23.5 Å². The second-order valence-electron chi connectivity index (χ2n) is 11.1. The van der Waals surface area contributed by atoms with Crippen molar-refractivity contribution in [2.45, 2.75) is 50.4 Å². The number of phenolic OH excluding ortho intramolecular Hbond substituents is 1. The van der Waals surface area contributed by atoms with Crippen LogP contribution in [-0.4, -0.2) is 104 Å². The summed E-state index contributed by atoms with van der Waals surface area (Å²) in [4.78, 5) is 54.8. The first-order valence-electron chi connectivity index (χ1n) is 14.4. The molecule has 4 rings (SSSR count). The number of epoxide rings is 1. The Labute approximate surface area is 251 Å². The minimum Gasteiger partial charge on any atom is -0.508 e. The molecule has 12 nitrogen and oxygen atoms in total. The molecule has 12 heteroatoms. The van der Waals surface area contributed by atoms with Gasteiger partial charge >= 0.3 is 0 Å². The minimum absolute atomic E-state index is 0.0848.